The molecule has 1 amide bonds. The third-order valence-corrected chi connectivity index (χ3v) is 4.09. The van der Waals surface area contributed by atoms with Gasteiger partial charge in [0.2, 0.25) is 17.6 Å². The first kappa shape index (κ1) is 16.6. The van der Waals surface area contributed by atoms with Gasteiger partial charge in [0.15, 0.2) is 0 Å². The molecule has 0 bridgehead atoms. The molecule has 3 rings (SSSR count). The van der Waals surface area contributed by atoms with Gasteiger partial charge < -0.3 is 14.6 Å². The molecule has 1 N–H and O–H groups in total. The van der Waals surface area contributed by atoms with Crippen molar-refractivity contribution in [3.8, 4) is 11.4 Å². The molecule has 128 valence electrons. The third-order valence-electron chi connectivity index (χ3n) is 4.09. The van der Waals surface area contributed by atoms with Gasteiger partial charge in [0.25, 0.3) is 0 Å². The lowest BCUT2D eigenvalue weighted by Gasteiger charge is -2.10. The third kappa shape index (κ3) is 4.64. The smallest absolute Gasteiger partial charge is 0.226 e. The molecule has 1 saturated heterocycles. The zero-order valence-corrected chi connectivity index (χ0v) is 14.0. The highest BCUT2D eigenvalue weighted by Gasteiger charge is 2.16. The molecule has 0 unspecified atom stereocenters. The summed E-state index contributed by atoms with van der Waals surface area (Å²) in [5, 5.41) is 6.93. The molecule has 1 atom stereocenters. The summed E-state index contributed by atoms with van der Waals surface area (Å²) in [4.78, 5) is 16.2. The van der Waals surface area contributed by atoms with E-state index in [4.69, 9.17) is 9.26 Å². The van der Waals surface area contributed by atoms with Crippen molar-refractivity contribution >= 4 is 5.91 Å². The van der Waals surface area contributed by atoms with Crippen LogP contribution in [-0.2, 0) is 16.0 Å². The van der Waals surface area contributed by atoms with E-state index >= 15 is 0 Å². The molecule has 24 heavy (non-hydrogen) atoms. The fourth-order valence-corrected chi connectivity index (χ4v) is 2.78. The molecule has 1 aliphatic heterocycles. The summed E-state index contributed by atoms with van der Waals surface area (Å²) < 4.78 is 10.8. The molecule has 2 aromatic rings. The Hall–Kier alpha value is -2.21. The number of ether oxygens (including phenoxy) is 1. The van der Waals surface area contributed by atoms with Crippen LogP contribution in [0.25, 0.3) is 11.4 Å². The highest BCUT2D eigenvalue weighted by Crippen LogP contribution is 2.17. The predicted octanol–water partition coefficient (Wildman–Crippen LogP) is 2.66. The Kier molecular flexibility index (Phi) is 5.59. The molecule has 0 radical (unpaired) electrons. The van der Waals surface area contributed by atoms with Crippen LogP contribution in [0.1, 0.15) is 37.1 Å². The lowest BCUT2D eigenvalue weighted by molar-refractivity contribution is -0.121. The molecule has 1 fully saturated rings. The zero-order chi connectivity index (χ0) is 16.8. The Labute approximate surface area is 141 Å². The number of hydrogen-bond acceptors (Lipinski definition) is 5. The molecular weight excluding hydrogens is 306 g/mol. The molecule has 1 aromatic carbocycles. The number of nitrogens with zero attached hydrogens (tertiary/aromatic N) is 2. The number of aromatic nitrogens is 2. The van der Waals surface area contributed by atoms with Crippen molar-refractivity contribution < 1.29 is 14.1 Å². The Bertz CT molecular complexity index is 678. The maximum atomic E-state index is 11.8. The second kappa shape index (κ2) is 8.06. The van der Waals surface area contributed by atoms with Gasteiger partial charge in [0.05, 0.1) is 6.10 Å². The summed E-state index contributed by atoms with van der Waals surface area (Å²) in [7, 11) is 0. The Morgan fingerprint density at radius 3 is 3.12 bits per heavy atom. The van der Waals surface area contributed by atoms with Crippen LogP contribution >= 0.6 is 0 Å². The first-order chi connectivity index (χ1) is 11.7. The van der Waals surface area contributed by atoms with E-state index in [0.717, 1.165) is 30.6 Å². The van der Waals surface area contributed by atoms with Crippen LogP contribution in [-0.4, -0.2) is 35.3 Å². The monoisotopic (exact) mass is 329 g/mol. The fourth-order valence-electron chi connectivity index (χ4n) is 2.78. The highest BCUT2D eigenvalue weighted by atomic mass is 16.5. The summed E-state index contributed by atoms with van der Waals surface area (Å²) in [6.45, 7) is 3.44. The molecule has 1 aromatic heterocycles. The molecule has 6 nitrogen and oxygen atoms in total. The van der Waals surface area contributed by atoms with Gasteiger partial charge in [-0.3, -0.25) is 4.79 Å². The summed E-state index contributed by atoms with van der Waals surface area (Å²) in [5.41, 5.74) is 2.10. The van der Waals surface area contributed by atoms with E-state index in [1.807, 2.05) is 31.2 Å². The maximum Gasteiger partial charge on any atom is 0.226 e. The Morgan fingerprint density at radius 2 is 2.33 bits per heavy atom. The van der Waals surface area contributed by atoms with Crippen molar-refractivity contribution in [1.29, 1.82) is 0 Å². The van der Waals surface area contributed by atoms with Crippen LogP contribution in [0.15, 0.2) is 28.8 Å². The molecule has 6 heteroatoms. The fraction of sp³-hybridized carbons (Fsp3) is 0.500. The van der Waals surface area contributed by atoms with Gasteiger partial charge in [-0.25, -0.2) is 0 Å². The number of carbonyl (C=O) groups is 1. The standard InChI is InChI=1S/C18H23N3O3/c1-13-5-2-6-14(11-13)18-20-17(24-21-18)9-3-8-16(22)19-12-15-7-4-10-23-15/h2,5-6,11,15H,3-4,7-10,12H2,1H3,(H,19,22)/t15-/m1/s1. The predicted molar refractivity (Wildman–Crippen MR) is 89.4 cm³/mol. The largest absolute Gasteiger partial charge is 0.376 e. The van der Waals surface area contributed by atoms with Gasteiger partial charge in [-0.2, -0.15) is 4.98 Å². The van der Waals surface area contributed by atoms with Crippen LogP contribution < -0.4 is 5.32 Å². The number of aryl methyl sites for hydroxylation is 2. The first-order valence-corrected chi connectivity index (χ1v) is 8.48. The topological polar surface area (TPSA) is 77.2 Å². The second-order valence-corrected chi connectivity index (χ2v) is 6.17. The average Bonchev–Trinajstić information content (AvgIpc) is 3.25. The van der Waals surface area contributed by atoms with E-state index < -0.39 is 0 Å². The van der Waals surface area contributed by atoms with Crippen LogP contribution in [0.4, 0.5) is 0 Å². The molecule has 0 aliphatic carbocycles. The van der Waals surface area contributed by atoms with Crippen LogP contribution in [0, 0.1) is 6.92 Å². The minimum absolute atomic E-state index is 0.0453. The van der Waals surface area contributed by atoms with Crippen molar-refractivity contribution in [3.63, 3.8) is 0 Å². The van der Waals surface area contributed by atoms with E-state index in [0.29, 0.717) is 37.5 Å². The number of amides is 1. The minimum atomic E-state index is 0.0453. The highest BCUT2D eigenvalue weighted by molar-refractivity contribution is 5.75. The maximum absolute atomic E-state index is 11.8. The van der Waals surface area contributed by atoms with Crippen molar-refractivity contribution in [2.24, 2.45) is 0 Å². The summed E-state index contributed by atoms with van der Waals surface area (Å²) in [6.07, 6.45) is 4.04. The number of rotatable bonds is 7. The number of hydrogen-bond donors (Lipinski definition) is 1. The SMILES string of the molecule is Cc1cccc(-c2noc(CCCC(=O)NC[C@H]3CCCO3)n2)c1. The van der Waals surface area contributed by atoms with Gasteiger partial charge in [-0.05, 0) is 32.3 Å². The zero-order valence-electron chi connectivity index (χ0n) is 14.0. The van der Waals surface area contributed by atoms with Crippen LogP contribution in [0.2, 0.25) is 0 Å². The van der Waals surface area contributed by atoms with E-state index in [9.17, 15) is 4.79 Å². The van der Waals surface area contributed by atoms with Gasteiger partial charge in [-0.1, -0.05) is 28.9 Å². The summed E-state index contributed by atoms with van der Waals surface area (Å²) >= 11 is 0. The number of carbonyl (C=O) groups excluding carboxylic acids is 1. The molecule has 0 saturated carbocycles. The van der Waals surface area contributed by atoms with E-state index in [1.165, 1.54) is 0 Å². The second-order valence-electron chi connectivity index (χ2n) is 6.17. The van der Waals surface area contributed by atoms with Crippen LogP contribution in [0.5, 0.6) is 0 Å². The molecule has 2 heterocycles. The van der Waals surface area contributed by atoms with Gasteiger partial charge >= 0.3 is 0 Å². The Morgan fingerprint density at radius 1 is 1.42 bits per heavy atom. The average molecular weight is 329 g/mol. The quantitative estimate of drug-likeness (QED) is 0.845. The van der Waals surface area contributed by atoms with E-state index in [2.05, 4.69) is 15.5 Å². The lowest BCUT2D eigenvalue weighted by atomic mass is 10.1. The normalized spacial score (nSPS) is 17.1. The molecule has 1 aliphatic rings. The lowest BCUT2D eigenvalue weighted by Crippen LogP contribution is -2.31. The molecule has 0 spiro atoms. The van der Waals surface area contributed by atoms with E-state index in [1.54, 1.807) is 0 Å². The van der Waals surface area contributed by atoms with Crippen molar-refractivity contribution in [1.82, 2.24) is 15.5 Å². The van der Waals surface area contributed by atoms with Gasteiger partial charge in [0, 0.05) is 31.6 Å². The van der Waals surface area contributed by atoms with Gasteiger partial charge in [0.1, 0.15) is 0 Å². The van der Waals surface area contributed by atoms with E-state index in [-0.39, 0.29) is 12.0 Å². The summed E-state index contributed by atoms with van der Waals surface area (Å²) in [6, 6.07) is 7.98. The first-order valence-electron chi connectivity index (χ1n) is 8.48. The van der Waals surface area contributed by atoms with Crippen LogP contribution in [0.3, 0.4) is 0 Å². The van der Waals surface area contributed by atoms with Gasteiger partial charge in [-0.15, -0.1) is 0 Å². The van der Waals surface area contributed by atoms with Crippen molar-refractivity contribution in [2.45, 2.75) is 45.1 Å². The van der Waals surface area contributed by atoms with Crippen molar-refractivity contribution in [3.05, 3.63) is 35.7 Å². The number of nitrogens with one attached hydrogen (secondary N) is 1. The van der Waals surface area contributed by atoms with Crippen molar-refractivity contribution in [2.75, 3.05) is 13.2 Å². The summed E-state index contributed by atoms with van der Waals surface area (Å²) in [5.74, 6) is 1.21. The minimum Gasteiger partial charge on any atom is -0.376 e. The Balaban J connectivity index is 1.41. The molecular formula is C18H23N3O3. The number of benzene rings is 1.